The molecule has 0 aliphatic heterocycles. The summed E-state index contributed by atoms with van der Waals surface area (Å²) in [4.78, 5) is 13.1. The summed E-state index contributed by atoms with van der Waals surface area (Å²) in [5.41, 5.74) is 2.37. The number of carbonyl (C=O) groups excluding carboxylic acids is 1. The third-order valence-electron chi connectivity index (χ3n) is 6.04. The van der Waals surface area contributed by atoms with Crippen LogP contribution in [-0.2, 0) is 24.1 Å². The fourth-order valence-electron chi connectivity index (χ4n) is 3.98. The summed E-state index contributed by atoms with van der Waals surface area (Å²) in [6, 6.07) is 32.1. The van der Waals surface area contributed by atoms with Gasteiger partial charge in [-0.3, -0.25) is 0 Å². The molecule has 7 heteroatoms. The molecule has 0 saturated heterocycles. The molecule has 0 N–H and O–H groups in total. The van der Waals surface area contributed by atoms with Crippen LogP contribution < -0.4 is 4.74 Å². The monoisotopic (exact) mass is 528 g/mol. The highest BCUT2D eigenvalue weighted by Gasteiger charge is 2.30. The lowest BCUT2D eigenvalue weighted by molar-refractivity contribution is -0.137. The van der Waals surface area contributed by atoms with Gasteiger partial charge in [0.05, 0.1) is 5.56 Å². The molecule has 0 spiro atoms. The van der Waals surface area contributed by atoms with Crippen molar-refractivity contribution in [2.75, 3.05) is 0 Å². The molecule has 4 nitrogen and oxygen atoms in total. The first kappa shape index (κ1) is 25.9. The van der Waals surface area contributed by atoms with E-state index in [1.54, 1.807) is 30.3 Å². The van der Waals surface area contributed by atoms with Gasteiger partial charge in [0.1, 0.15) is 36.0 Å². The Morgan fingerprint density at radius 1 is 0.667 bits per heavy atom. The SMILES string of the molecule is O=C(OCc1ccccc1)c1cc(-c2ccc(-c3ccc(C(F)(F)F)cc3)o2)ccc1OCc1ccccc1. The second-order valence-corrected chi connectivity index (χ2v) is 8.79. The second-order valence-electron chi connectivity index (χ2n) is 8.79. The van der Waals surface area contributed by atoms with Gasteiger partial charge >= 0.3 is 12.1 Å². The minimum Gasteiger partial charge on any atom is -0.488 e. The third kappa shape index (κ3) is 6.38. The van der Waals surface area contributed by atoms with Crippen molar-refractivity contribution in [2.24, 2.45) is 0 Å². The van der Waals surface area contributed by atoms with Crippen molar-refractivity contribution in [2.45, 2.75) is 19.4 Å². The molecule has 0 aliphatic carbocycles. The van der Waals surface area contributed by atoms with Gasteiger partial charge in [-0.1, -0.05) is 72.8 Å². The van der Waals surface area contributed by atoms with Crippen LogP contribution in [-0.4, -0.2) is 5.97 Å². The molecule has 0 unspecified atom stereocenters. The highest BCUT2D eigenvalue weighted by molar-refractivity contribution is 5.94. The van der Waals surface area contributed by atoms with E-state index in [9.17, 15) is 18.0 Å². The highest BCUT2D eigenvalue weighted by Crippen LogP contribution is 2.34. The van der Waals surface area contributed by atoms with Crippen molar-refractivity contribution >= 4 is 5.97 Å². The van der Waals surface area contributed by atoms with Crippen molar-refractivity contribution in [1.29, 1.82) is 0 Å². The molecule has 0 bridgehead atoms. The predicted molar refractivity (Wildman–Crippen MR) is 141 cm³/mol. The standard InChI is InChI=1S/C32H23F3O4/c33-32(34,35)26-14-11-24(12-15-26)28-17-18-29(39-28)25-13-16-30(37-20-22-7-3-1-4-8-22)27(19-25)31(36)38-21-23-9-5-2-6-10-23/h1-19H,20-21H2. The topological polar surface area (TPSA) is 48.7 Å². The van der Waals surface area contributed by atoms with Crippen LogP contribution in [0.5, 0.6) is 5.75 Å². The van der Waals surface area contributed by atoms with E-state index >= 15 is 0 Å². The van der Waals surface area contributed by atoms with Gasteiger partial charge in [0.15, 0.2) is 0 Å². The van der Waals surface area contributed by atoms with Gasteiger partial charge in [0.25, 0.3) is 0 Å². The zero-order chi connectivity index (χ0) is 27.2. The van der Waals surface area contributed by atoms with Crippen LogP contribution >= 0.6 is 0 Å². The van der Waals surface area contributed by atoms with Gasteiger partial charge in [-0.2, -0.15) is 13.2 Å². The van der Waals surface area contributed by atoms with Gasteiger partial charge < -0.3 is 13.9 Å². The van der Waals surface area contributed by atoms with E-state index in [0.717, 1.165) is 23.3 Å². The highest BCUT2D eigenvalue weighted by atomic mass is 19.4. The number of rotatable bonds is 8. The minimum atomic E-state index is -4.41. The number of carbonyl (C=O) groups is 1. The quantitative estimate of drug-likeness (QED) is 0.189. The number of furan rings is 1. The first-order chi connectivity index (χ1) is 18.9. The van der Waals surface area contributed by atoms with Crippen molar-refractivity contribution in [1.82, 2.24) is 0 Å². The van der Waals surface area contributed by atoms with Crippen molar-refractivity contribution in [3.63, 3.8) is 0 Å². The summed E-state index contributed by atoms with van der Waals surface area (Å²) in [5.74, 6) is 0.640. The van der Waals surface area contributed by atoms with Crippen LogP contribution in [0.4, 0.5) is 13.2 Å². The zero-order valence-electron chi connectivity index (χ0n) is 20.7. The van der Waals surface area contributed by atoms with Crippen molar-refractivity contribution in [3.05, 3.63) is 138 Å². The van der Waals surface area contributed by atoms with Gasteiger partial charge in [-0.25, -0.2) is 4.79 Å². The summed E-state index contributed by atoms with van der Waals surface area (Å²) in [7, 11) is 0. The lowest BCUT2D eigenvalue weighted by Crippen LogP contribution is -2.08. The Bertz CT molecular complexity index is 1540. The van der Waals surface area contributed by atoms with Gasteiger partial charge in [0.2, 0.25) is 0 Å². The number of benzene rings is 4. The Morgan fingerprint density at radius 2 is 1.23 bits per heavy atom. The molecule has 0 fully saturated rings. The van der Waals surface area contributed by atoms with E-state index < -0.39 is 17.7 Å². The number of ether oxygens (including phenoxy) is 2. The van der Waals surface area contributed by atoms with Crippen molar-refractivity contribution in [3.8, 4) is 28.4 Å². The molecule has 39 heavy (non-hydrogen) atoms. The average Bonchev–Trinajstić information content (AvgIpc) is 3.46. The summed E-state index contributed by atoms with van der Waals surface area (Å²) in [6.07, 6.45) is -4.41. The molecular formula is C32H23F3O4. The summed E-state index contributed by atoms with van der Waals surface area (Å²) in [6.45, 7) is 0.360. The van der Waals surface area contributed by atoms with Crippen molar-refractivity contribution < 1.29 is 31.9 Å². The number of halogens is 3. The molecule has 196 valence electrons. The van der Waals surface area contributed by atoms with Gasteiger partial charge in [0, 0.05) is 11.1 Å². The molecule has 0 saturated carbocycles. The normalized spacial score (nSPS) is 11.3. The lowest BCUT2D eigenvalue weighted by atomic mass is 10.1. The van der Waals surface area contributed by atoms with Crippen LogP contribution in [0.25, 0.3) is 22.6 Å². The molecule has 0 amide bonds. The number of hydrogen-bond acceptors (Lipinski definition) is 4. The van der Waals surface area contributed by atoms with Crippen LogP contribution in [0.15, 0.2) is 120 Å². The molecule has 0 aliphatic rings. The zero-order valence-corrected chi connectivity index (χ0v) is 20.7. The minimum absolute atomic E-state index is 0.0981. The summed E-state index contributed by atoms with van der Waals surface area (Å²) >= 11 is 0. The van der Waals surface area contributed by atoms with E-state index in [1.165, 1.54) is 12.1 Å². The number of hydrogen-bond donors (Lipinski definition) is 0. The summed E-state index contributed by atoms with van der Waals surface area (Å²) in [5, 5.41) is 0. The molecule has 5 aromatic rings. The molecular weight excluding hydrogens is 505 g/mol. The fraction of sp³-hybridized carbons (Fsp3) is 0.0938. The maximum Gasteiger partial charge on any atom is 0.416 e. The van der Waals surface area contributed by atoms with Crippen LogP contribution in [0.1, 0.15) is 27.0 Å². The Balaban J connectivity index is 1.40. The van der Waals surface area contributed by atoms with Crippen LogP contribution in [0.2, 0.25) is 0 Å². The van der Waals surface area contributed by atoms with E-state index in [2.05, 4.69) is 0 Å². The third-order valence-corrected chi connectivity index (χ3v) is 6.04. The van der Waals surface area contributed by atoms with Gasteiger partial charge in [-0.05, 0) is 53.6 Å². The maximum atomic E-state index is 13.1. The largest absolute Gasteiger partial charge is 0.488 e. The Morgan fingerprint density at radius 3 is 1.85 bits per heavy atom. The predicted octanol–water partition coefficient (Wildman–Crippen LogP) is 8.57. The first-order valence-electron chi connectivity index (χ1n) is 12.2. The average molecular weight is 529 g/mol. The molecule has 5 rings (SSSR count). The first-order valence-corrected chi connectivity index (χ1v) is 12.2. The Hall–Kier alpha value is -4.78. The second kappa shape index (κ2) is 11.3. The molecule has 0 atom stereocenters. The Kier molecular flexibility index (Phi) is 7.50. The number of alkyl halides is 3. The smallest absolute Gasteiger partial charge is 0.416 e. The van der Waals surface area contributed by atoms with E-state index in [1.807, 2.05) is 60.7 Å². The van der Waals surface area contributed by atoms with E-state index in [-0.39, 0.29) is 18.8 Å². The van der Waals surface area contributed by atoms with E-state index in [4.69, 9.17) is 13.9 Å². The molecule has 1 aromatic heterocycles. The van der Waals surface area contributed by atoms with Crippen LogP contribution in [0, 0.1) is 0 Å². The maximum absolute atomic E-state index is 13.1. The van der Waals surface area contributed by atoms with Crippen LogP contribution in [0.3, 0.4) is 0 Å². The molecule has 1 heterocycles. The number of esters is 1. The lowest BCUT2D eigenvalue weighted by Gasteiger charge is -2.13. The summed E-state index contributed by atoms with van der Waals surface area (Å²) < 4.78 is 56.2. The van der Waals surface area contributed by atoms with Gasteiger partial charge in [-0.15, -0.1) is 0 Å². The van der Waals surface area contributed by atoms with E-state index in [0.29, 0.717) is 28.4 Å². The molecule has 4 aromatic carbocycles. The molecule has 0 radical (unpaired) electrons. The fourth-order valence-corrected chi connectivity index (χ4v) is 3.98. The Labute approximate surface area is 223 Å².